The number of imide groups is 1. The predicted octanol–water partition coefficient (Wildman–Crippen LogP) is 10.0. The molecule has 0 heterocycles. The molecule has 0 aromatic rings. The first-order valence-corrected chi connectivity index (χ1v) is 20.4. The topological polar surface area (TPSA) is 138 Å². The smallest absolute Gasteiger partial charge is 0.363 e. The van der Waals surface area contributed by atoms with Crippen LogP contribution in [0.4, 0.5) is 0 Å². The number of unbranched alkanes of at least 4 members (excludes halogenated alkanes) is 24. The zero-order valence-electron chi connectivity index (χ0n) is 31.0. The molecule has 1 N–H and O–H groups in total. The fraction of sp³-hybridized carbons (Fsp3) is 0.919. The fourth-order valence-corrected chi connectivity index (χ4v) is 5.84. The number of hydrogen-bond donors (Lipinski definition) is 1. The second-order valence-corrected chi connectivity index (χ2v) is 14.6. The number of carboxylic acids is 1. The van der Waals surface area contributed by atoms with Crippen LogP contribution < -0.4 is 0 Å². The molecule has 0 radical (unpaired) electrons. The molecule has 0 saturated heterocycles. The summed E-state index contributed by atoms with van der Waals surface area (Å²) in [5, 5.41) is 9.66. The lowest BCUT2D eigenvalue weighted by Crippen LogP contribution is -2.61. The van der Waals surface area contributed by atoms with Crippen LogP contribution in [-0.4, -0.2) is 60.5 Å². The summed E-state index contributed by atoms with van der Waals surface area (Å²) in [6.07, 6.45) is 32.6. The minimum atomic E-state index is -4.41. The van der Waals surface area contributed by atoms with E-state index in [0.29, 0.717) is 0 Å². The predicted molar refractivity (Wildman–Crippen MR) is 191 cm³/mol. The first kappa shape index (κ1) is 47.8. The average Bonchev–Trinajstić information content (AvgIpc) is 3.04. The number of aliphatic carboxylic acids is 1. The van der Waals surface area contributed by atoms with Crippen LogP contribution >= 0.6 is 0 Å². The van der Waals surface area contributed by atoms with Gasteiger partial charge < -0.3 is 9.66 Å². The van der Waals surface area contributed by atoms with E-state index in [0.717, 1.165) is 45.6 Å². The van der Waals surface area contributed by atoms with E-state index in [1.54, 1.807) is 0 Å². The van der Waals surface area contributed by atoms with E-state index in [9.17, 15) is 32.5 Å². The van der Waals surface area contributed by atoms with Gasteiger partial charge in [0, 0.05) is 0 Å². The average molecular weight is 692 g/mol. The lowest BCUT2D eigenvalue weighted by atomic mass is 10.0. The first-order chi connectivity index (χ1) is 22.4. The van der Waals surface area contributed by atoms with Crippen molar-refractivity contribution in [3.05, 3.63) is 0 Å². The maximum absolute atomic E-state index is 13.2. The molecule has 1 atom stereocenters. The molecule has 0 aromatic carbocycles. The Kier molecular flexibility index (Phi) is 32.4. The molecule has 1 unspecified atom stereocenters. The molecule has 0 spiro atoms. The van der Waals surface area contributed by atoms with Crippen molar-refractivity contribution in [3.8, 4) is 0 Å². The Hall–Kier alpha value is -1.36. The van der Waals surface area contributed by atoms with Gasteiger partial charge in [-0.15, -0.1) is 0 Å². The normalized spacial score (nSPS) is 12.4. The van der Waals surface area contributed by atoms with E-state index in [-0.39, 0.29) is 24.7 Å². The Morgan fingerprint density at radius 3 is 0.979 bits per heavy atom. The third kappa shape index (κ3) is 28.2. The van der Waals surface area contributed by atoms with Gasteiger partial charge in [-0.05, 0) is 19.8 Å². The van der Waals surface area contributed by atoms with Crippen molar-refractivity contribution in [1.82, 2.24) is 0 Å². The molecule has 47 heavy (non-hydrogen) atoms. The number of hydrogen-bond acceptors (Lipinski definition) is 7. The summed E-state index contributed by atoms with van der Waals surface area (Å²) in [5.41, 5.74) is 0. The highest BCUT2D eigenvalue weighted by molar-refractivity contribution is 7.80. The Morgan fingerprint density at radius 1 is 0.574 bits per heavy atom. The number of carbonyl (C=O) groups is 3. The van der Waals surface area contributed by atoms with Gasteiger partial charge in [0.2, 0.25) is 10.4 Å². The lowest BCUT2D eigenvalue weighted by molar-refractivity contribution is -0.775. The van der Waals surface area contributed by atoms with Crippen molar-refractivity contribution in [2.75, 3.05) is 14.2 Å². The largest absolute Gasteiger partial charge is 0.726 e. The molecule has 0 saturated carbocycles. The van der Waals surface area contributed by atoms with Gasteiger partial charge in [-0.2, -0.15) is 4.48 Å². The molecule has 0 aliphatic carbocycles. The van der Waals surface area contributed by atoms with Crippen molar-refractivity contribution in [3.63, 3.8) is 0 Å². The molecule has 0 rings (SSSR count). The Morgan fingerprint density at radius 2 is 0.787 bits per heavy atom. The Balaban J connectivity index is 0. The standard InChI is InChI=1S/C36H69NO4.CH4O4S/c1-5-7-9-11-13-15-17-19-21-23-25-27-29-31-34(38)37(4,33(3)36(40)41)35(39)32-30-28-26-24-22-20-18-16-14-12-10-8-6-2;1-5-6(2,3)4/h33H,5-32H2,1-4H3;1H3,(H,2,3,4). The van der Waals surface area contributed by atoms with E-state index in [2.05, 4.69) is 18.0 Å². The molecular formula is C37H73NO8S. The summed E-state index contributed by atoms with van der Waals surface area (Å²) in [7, 11) is -2.07. The maximum Gasteiger partial charge on any atom is 0.363 e. The number of quaternary nitrogens is 1. The molecular weight excluding hydrogens is 618 g/mol. The van der Waals surface area contributed by atoms with Crippen LogP contribution in [0.3, 0.4) is 0 Å². The summed E-state index contributed by atoms with van der Waals surface area (Å²) >= 11 is 0. The van der Waals surface area contributed by atoms with Gasteiger partial charge in [-0.3, -0.25) is 4.18 Å². The van der Waals surface area contributed by atoms with Crippen molar-refractivity contribution in [2.24, 2.45) is 0 Å². The van der Waals surface area contributed by atoms with Gasteiger partial charge in [0.15, 0.2) is 6.04 Å². The number of nitrogens with zero attached hydrogens (tertiary/aromatic N) is 1. The number of carbonyl (C=O) groups excluding carboxylic acids is 2. The lowest BCUT2D eigenvalue weighted by Gasteiger charge is -2.32. The van der Waals surface area contributed by atoms with Crippen LogP contribution in [0.5, 0.6) is 0 Å². The Bertz CT molecular complexity index is 836. The van der Waals surface area contributed by atoms with Crippen LogP contribution in [0.2, 0.25) is 0 Å². The second-order valence-electron chi connectivity index (χ2n) is 13.4. The molecule has 0 aromatic heterocycles. The number of carboxylic acid groups (broad SMARTS) is 1. The van der Waals surface area contributed by atoms with Crippen LogP contribution in [0.25, 0.3) is 0 Å². The summed E-state index contributed by atoms with van der Waals surface area (Å²) in [5.74, 6) is -1.55. The molecule has 0 fully saturated rings. The van der Waals surface area contributed by atoms with E-state index in [1.807, 2.05) is 0 Å². The van der Waals surface area contributed by atoms with Crippen LogP contribution in [0.15, 0.2) is 0 Å². The number of likely N-dealkylation sites (N-methyl/N-ethyl adjacent to an activating group) is 1. The SMILES string of the molecule is CCCCCCCCCCCCCCCC(=O)[N+](C)(C(=O)CCCCCCCCCCCCCCC)C(C)C(=O)O.COS(=O)(=O)[O-]. The van der Waals surface area contributed by atoms with E-state index >= 15 is 0 Å². The third-order valence-electron chi connectivity index (χ3n) is 9.36. The Labute approximate surface area is 289 Å². The van der Waals surface area contributed by atoms with Gasteiger partial charge in [0.25, 0.3) is 0 Å². The zero-order chi connectivity index (χ0) is 35.8. The summed E-state index contributed by atoms with van der Waals surface area (Å²) < 4.78 is 30.4. The van der Waals surface area contributed by atoms with Gasteiger partial charge in [0.1, 0.15) is 0 Å². The van der Waals surface area contributed by atoms with Crippen molar-refractivity contribution in [1.29, 1.82) is 0 Å². The highest BCUT2D eigenvalue weighted by Gasteiger charge is 2.47. The number of rotatable bonds is 31. The van der Waals surface area contributed by atoms with Gasteiger partial charge in [-0.1, -0.05) is 168 Å². The molecule has 2 amide bonds. The maximum atomic E-state index is 13.2. The van der Waals surface area contributed by atoms with Crippen molar-refractivity contribution < 1.29 is 41.1 Å². The van der Waals surface area contributed by atoms with Crippen molar-refractivity contribution in [2.45, 2.75) is 207 Å². The molecule has 10 heteroatoms. The quantitative estimate of drug-likeness (QED) is 0.0328. The van der Waals surface area contributed by atoms with Gasteiger partial charge in [0.05, 0.1) is 27.0 Å². The monoisotopic (exact) mass is 692 g/mol. The first-order valence-electron chi connectivity index (χ1n) is 19.1. The zero-order valence-corrected chi connectivity index (χ0v) is 31.9. The van der Waals surface area contributed by atoms with Crippen LogP contribution in [-0.2, 0) is 29.0 Å². The fourth-order valence-electron chi connectivity index (χ4n) is 5.84. The minimum absolute atomic E-state index is 0.234. The highest BCUT2D eigenvalue weighted by Crippen LogP contribution is 2.21. The summed E-state index contributed by atoms with van der Waals surface area (Å²) in [6, 6.07) is -1.04. The molecule has 0 aliphatic heterocycles. The van der Waals surface area contributed by atoms with E-state index in [4.69, 9.17) is 0 Å². The van der Waals surface area contributed by atoms with Crippen LogP contribution in [0.1, 0.15) is 201 Å². The second kappa shape index (κ2) is 31.9. The molecule has 9 nitrogen and oxygen atoms in total. The van der Waals surface area contributed by atoms with E-state index in [1.165, 1.54) is 142 Å². The molecule has 0 bridgehead atoms. The molecule has 0 aliphatic rings. The summed E-state index contributed by atoms with van der Waals surface area (Å²) in [6.45, 7) is 6.02. The van der Waals surface area contributed by atoms with Gasteiger partial charge in [-0.25, -0.2) is 22.8 Å². The van der Waals surface area contributed by atoms with Gasteiger partial charge >= 0.3 is 17.8 Å². The highest BCUT2D eigenvalue weighted by atomic mass is 32.3. The molecule has 280 valence electrons. The van der Waals surface area contributed by atoms with E-state index < -0.39 is 26.9 Å². The summed E-state index contributed by atoms with van der Waals surface area (Å²) in [4.78, 5) is 38.2. The van der Waals surface area contributed by atoms with Crippen molar-refractivity contribution >= 4 is 28.2 Å². The minimum Gasteiger partial charge on any atom is -0.726 e. The number of amides is 2. The van der Waals surface area contributed by atoms with Crippen LogP contribution in [0, 0.1) is 0 Å². The third-order valence-corrected chi connectivity index (χ3v) is 9.77.